The first-order valence-corrected chi connectivity index (χ1v) is 16.6. The van der Waals surface area contributed by atoms with Crippen LogP contribution in [0.2, 0.25) is 5.02 Å². The van der Waals surface area contributed by atoms with E-state index in [9.17, 15) is 18.0 Å². The fourth-order valence-electron chi connectivity index (χ4n) is 5.16. The molecule has 9 heteroatoms. The maximum absolute atomic E-state index is 14.6. The fourth-order valence-corrected chi connectivity index (χ4v) is 6.87. The molecule has 0 aromatic heterocycles. The summed E-state index contributed by atoms with van der Waals surface area (Å²) in [4.78, 5) is 30.1. The van der Waals surface area contributed by atoms with E-state index in [1.807, 2.05) is 83.1 Å². The maximum atomic E-state index is 14.6. The molecule has 0 fully saturated rings. The van der Waals surface area contributed by atoms with Crippen LogP contribution in [0.5, 0.6) is 0 Å². The highest BCUT2D eigenvalue weighted by Gasteiger charge is 2.36. The summed E-state index contributed by atoms with van der Waals surface area (Å²) >= 11 is 6.32. The first-order valence-electron chi connectivity index (χ1n) is 14.8. The topological polar surface area (TPSA) is 86.8 Å². The Morgan fingerprint density at radius 2 is 1.44 bits per heavy atom. The van der Waals surface area contributed by atoms with Crippen molar-refractivity contribution in [1.29, 1.82) is 0 Å². The lowest BCUT2D eigenvalue weighted by molar-refractivity contribution is -0.140. The zero-order valence-corrected chi connectivity index (χ0v) is 27.9. The third-order valence-corrected chi connectivity index (χ3v) is 9.25. The standard InChI is InChI=1S/C36H40ClN3O4S/c1-26-19-20-32(27(2)21-26)40(45(43,44)31-17-10-7-11-18-31)25-34(41)39(24-29-15-12-16-30(37)22-29)33(35(42)38-36(3,4)5)23-28-13-8-6-9-14-28/h6-22,33H,23-25H2,1-5H3,(H,38,42)/t33-/m0/s1. The minimum Gasteiger partial charge on any atom is -0.350 e. The number of nitrogens with zero attached hydrogens (tertiary/aromatic N) is 2. The Hall–Kier alpha value is -4.14. The van der Waals surface area contributed by atoms with Crippen LogP contribution in [0.15, 0.2) is 108 Å². The Bertz CT molecular complexity index is 1740. The molecule has 236 valence electrons. The molecule has 0 saturated carbocycles. The van der Waals surface area contributed by atoms with Gasteiger partial charge in [-0.25, -0.2) is 8.42 Å². The molecule has 4 rings (SSSR count). The van der Waals surface area contributed by atoms with Crippen LogP contribution in [-0.2, 0) is 32.6 Å². The molecule has 45 heavy (non-hydrogen) atoms. The van der Waals surface area contributed by atoms with Crippen molar-refractivity contribution in [2.45, 2.75) is 64.1 Å². The third-order valence-electron chi connectivity index (χ3n) is 7.24. The molecule has 0 bridgehead atoms. The Morgan fingerprint density at radius 3 is 2.04 bits per heavy atom. The van der Waals surface area contributed by atoms with E-state index in [1.165, 1.54) is 17.0 Å². The predicted molar refractivity (Wildman–Crippen MR) is 181 cm³/mol. The van der Waals surface area contributed by atoms with Gasteiger partial charge in [0.15, 0.2) is 0 Å². The summed E-state index contributed by atoms with van der Waals surface area (Å²) in [7, 11) is -4.17. The smallest absolute Gasteiger partial charge is 0.264 e. The van der Waals surface area contributed by atoms with Crippen LogP contribution >= 0.6 is 11.6 Å². The van der Waals surface area contributed by atoms with Crippen LogP contribution in [-0.4, -0.2) is 43.3 Å². The summed E-state index contributed by atoms with van der Waals surface area (Å²) in [5.74, 6) is -0.870. The van der Waals surface area contributed by atoms with Crippen molar-refractivity contribution in [2.75, 3.05) is 10.8 Å². The van der Waals surface area contributed by atoms with Crippen LogP contribution in [0.25, 0.3) is 0 Å². The van der Waals surface area contributed by atoms with Gasteiger partial charge in [-0.05, 0) is 81.6 Å². The second kappa shape index (κ2) is 14.3. The van der Waals surface area contributed by atoms with Gasteiger partial charge in [-0.15, -0.1) is 0 Å². The highest BCUT2D eigenvalue weighted by molar-refractivity contribution is 7.92. The van der Waals surface area contributed by atoms with E-state index in [0.29, 0.717) is 21.8 Å². The van der Waals surface area contributed by atoms with E-state index in [-0.39, 0.29) is 23.8 Å². The van der Waals surface area contributed by atoms with Gasteiger partial charge in [-0.3, -0.25) is 13.9 Å². The molecule has 1 atom stereocenters. The van der Waals surface area contributed by atoms with Gasteiger partial charge in [-0.1, -0.05) is 90.0 Å². The Labute approximate surface area is 271 Å². The average Bonchev–Trinajstić information content (AvgIpc) is 2.98. The molecule has 0 radical (unpaired) electrons. The molecule has 4 aromatic rings. The van der Waals surface area contributed by atoms with Gasteiger partial charge in [0.25, 0.3) is 10.0 Å². The number of carbonyl (C=O) groups excluding carboxylic acids is 2. The number of carbonyl (C=O) groups is 2. The van der Waals surface area contributed by atoms with E-state index in [4.69, 9.17) is 11.6 Å². The van der Waals surface area contributed by atoms with Gasteiger partial charge in [-0.2, -0.15) is 0 Å². The van der Waals surface area contributed by atoms with Gasteiger partial charge in [0.2, 0.25) is 11.8 Å². The SMILES string of the molecule is Cc1ccc(N(CC(=O)N(Cc2cccc(Cl)c2)[C@@H](Cc2ccccc2)C(=O)NC(C)(C)C)S(=O)(=O)c2ccccc2)c(C)c1. The summed E-state index contributed by atoms with van der Waals surface area (Å²) in [6.45, 7) is 8.90. The number of anilines is 1. The van der Waals surface area contributed by atoms with Crippen molar-refractivity contribution in [3.8, 4) is 0 Å². The normalized spacial score (nSPS) is 12.3. The number of hydrogen-bond acceptors (Lipinski definition) is 4. The molecule has 0 aliphatic rings. The molecular formula is C36H40ClN3O4S. The predicted octanol–water partition coefficient (Wildman–Crippen LogP) is 6.71. The molecular weight excluding hydrogens is 606 g/mol. The van der Waals surface area contributed by atoms with Crippen LogP contribution < -0.4 is 9.62 Å². The van der Waals surface area contributed by atoms with Gasteiger partial charge >= 0.3 is 0 Å². The Kier molecular flexibility index (Phi) is 10.7. The van der Waals surface area contributed by atoms with E-state index in [0.717, 1.165) is 15.4 Å². The van der Waals surface area contributed by atoms with Gasteiger partial charge in [0.05, 0.1) is 10.6 Å². The molecule has 1 N–H and O–H groups in total. The number of hydrogen-bond donors (Lipinski definition) is 1. The number of benzene rings is 4. The molecule has 2 amide bonds. The van der Waals surface area contributed by atoms with E-state index in [2.05, 4.69) is 5.32 Å². The van der Waals surface area contributed by atoms with E-state index >= 15 is 0 Å². The maximum Gasteiger partial charge on any atom is 0.264 e. The number of halogens is 1. The van der Waals surface area contributed by atoms with Gasteiger partial charge in [0.1, 0.15) is 12.6 Å². The van der Waals surface area contributed by atoms with Crippen molar-refractivity contribution < 1.29 is 18.0 Å². The molecule has 0 aliphatic carbocycles. The summed E-state index contributed by atoms with van der Waals surface area (Å²) in [5.41, 5.74) is 3.05. The van der Waals surface area contributed by atoms with Gasteiger partial charge in [0, 0.05) is 23.5 Å². The van der Waals surface area contributed by atoms with E-state index in [1.54, 1.807) is 42.5 Å². The largest absolute Gasteiger partial charge is 0.350 e. The van der Waals surface area contributed by atoms with Gasteiger partial charge < -0.3 is 10.2 Å². The second-order valence-corrected chi connectivity index (χ2v) is 14.5. The van der Waals surface area contributed by atoms with Crippen LogP contribution in [0, 0.1) is 13.8 Å². The number of aryl methyl sites for hydroxylation is 2. The molecule has 0 unspecified atom stereocenters. The summed E-state index contributed by atoms with van der Waals surface area (Å²) in [6.07, 6.45) is 0.226. The average molecular weight is 646 g/mol. The third kappa shape index (κ3) is 8.96. The van der Waals surface area contributed by atoms with Crippen molar-refractivity contribution in [1.82, 2.24) is 10.2 Å². The summed E-state index contributed by atoms with van der Waals surface area (Å²) < 4.78 is 29.5. The minimum atomic E-state index is -4.17. The van der Waals surface area contributed by atoms with Crippen LogP contribution in [0.3, 0.4) is 0 Å². The highest BCUT2D eigenvalue weighted by atomic mass is 35.5. The lowest BCUT2D eigenvalue weighted by Gasteiger charge is -2.35. The second-order valence-electron chi connectivity index (χ2n) is 12.2. The van der Waals surface area contributed by atoms with Crippen molar-refractivity contribution in [3.63, 3.8) is 0 Å². The monoisotopic (exact) mass is 645 g/mol. The number of nitrogens with one attached hydrogen (secondary N) is 1. The molecule has 4 aromatic carbocycles. The lowest BCUT2D eigenvalue weighted by atomic mass is 10.0. The Morgan fingerprint density at radius 1 is 0.822 bits per heavy atom. The lowest BCUT2D eigenvalue weighted by Crippen LogP contribution is -2.56. The molecule has 7 nitrogen and oxygen atoms in total. The highest BCUT2D eigenvalue weighted by Crippen LogP contribution is 2.28. The zero-order chi connectivity index (χ0) is 32.8. The molecule has 0 heterocycles. The minimum absolute atomic E-state index is 0.0422. The van der Waals surface area contributed by atoms with Crippen molar-refractivity contribution in [2.24, 2.45) is 0 Å². The quantitative estimate of drug-likeness (QED) is 0.197. The first kappa shape index (κ1) is 33.7. The van der Waals surface area contributed by atoms with Crippen LogP contribution in [0.4, 0.5) is 5.69 Å². The van der Waals surface area contributed by atoms with Crippen molar-refractivity contribution in [3.05, 3.63) is 130 Å². The Balaban J connectivity index is 1.84. The van der Waals surface area contributed by atoms with E-state index < -0.39 is 34.1 Å². The summed E-state index contributed by atoms with van der Waals surface area (Å²) in [5, 5.41) is 3.53. The number of rotatable bonds is 11. The fraction of sp³-hybridized carbons (Fsp3) is 0.278. The summed E-state index contributed by atoms with van der Waals surface area (Å²) in [6, 6.07) is 29.1. The molecule has 0 saturated heterocycles. The van der Waals surface area contributed by atoms with Crippen LogP contribution in [0.1, 0.15) is 43.0 Å². The zero-order valence-electron chi connectivity index (χ0n) is 26.3. The number of amides is 2. The first-order chi connectivity index (χ1) is 21.2. The van der Waals surface area contributed by atoms with Crippen molar-refractivity contribution >= 4 is 39.1 Å². The molecule has 0 spiro atoms. The number of sulfonamides is 1. The molecule has 0 aliphatic heterocycles.